The second-order valence-corrected chi connectivity index (χ2v) is 4.69. The zero-order chi connectivity index (χ0) is 11.6. The highest BCUT2D eigenvalue weighted by molar-refractivity contribution is 5.41. The normalized spacial score (nSPS) is 13.7. The maximum Gasteiger partial charge on any atom is 0.125 e. The highest BCUT2D eigenvalue weighted by Crippen LogP contribution is 2.38. The van der Waals surface area contributed by atoms with E-state index in [0.717, 1.165) is 0 Å². The number of phenolic OH excluding ortho intramolecular Hbond substituents is 1. The Kier molecular flexibility index (Phi) is 3.25. The van der Waals surface area contributed by atoms with Crippen LogP contribution in [-0.4, -0.2) is 17.3 Å². The van der Waals surface area contributed by atoms with E-state index < -0.39 is 6.10 Å². The molecule has 3 nitrogen and oxygen atoms in total. The van der Waals surface area contributed by atoms with Gasteiger partial charge in [0.2, 0.25) is 0 Å². The first kappa shape index (κ1) is 11.9. The Labute approximate surface area is 90.3 Å². The van der Waals surface area contributed by atoms with Gasteiger partial charge in [-0.15, -0.1) is 0 Å². The summed E-state index contributed by atoms with van der Waals surface area (Å²) in [6.07, 6.45) is -0.691. The summed E-state index contributed by atoms with van der Waals surface area (Å²) < 4.78 is 4.97. The maximum atomic E-state index is 10.0. The zero-order valence-corrected chi connectivity index (χ0v) is 9.61. The molecule has 2 N–H and O–H groups in total. The highest BCUT2D eigenvalue weighted by Gasteiger charge is 2.26. The molecule has 15 heavy (non-hydrogen) atoms. The number of phenols is 1. The number of aliphatic hydroxyl groups is 1. The van der Waals surface area contributed by atoms with E-state index in [0.29, 0.717) is 11.3 Å². The molecule has 0 unspecified atom stereocenters. The average molecular weight is 210 g/mol. The second kappa shape index (κ2) is 4.11. The van der Waals surface area contributed by atoms with Gasteiger partial charge in [0, 0.05) is 11.6 Å². The summed E-state index contributed by atoms with van der Waals surface area (Å²) in [7, 11) is 1.54. The minimum Gasteiger partial charge on any atom is -0.507 e. The molecule has 0 radical (unpaired) electrons. The molecule has 0 aliphatic rings. The fourth-order valence-corrected chi connectivity index (χ4v) is 1.35. The van der Waals surface area contributed by atoms with Gasteiger partial charge in [-0.25, -0.2) is 0 Å². The lowest BCUT2D eigenvalue weighted by atomic mass is 9.84. The average Bonchev–Trinajstić information content (AvgIpc) is 2.15. The molecular weight excluding hydrogens is 192 g/mol. The molecule has 1 atom stereocenters. The molecule has 0 bridgehead atoms. The van der Waals surface area contributed by atoms with Crippen LogP contribution >= 0.6 is 0 Å². The number of benzene rings is 1. The number of aliphatic hydroxyl groups excluding tert-OH is 1. The van der Waals surface area contributed by atoms with Crippen molar-refractivity contribution in [2.45, 2.75) is 26.9 Å². The first-order valence-electron chi connectivity index (χ1n) is 4.91. The Balaban J connectivity index is 3.06. The van der Waals surface area contributed by atoms with Gasteiger partial charge in [-0.1, -0.05) is 20.8 Å². The Hall–Kier alpha value is -1.22. The molecule has 0 saturated heterocycles. The molecule has 84 valence electrons. The fraction of sp³-hybridized carbons (Fsp3) is 0.500. The van der Waals surface area contributed by atoms with Gasteiger partial charge < -0.3 is 14.9 Å². The van der Waals surface area contributed by atoms with Crippen LogP contribution in [0.1, 0.15) is 32.4 Å². The highest BCUT2D eigenvalue weighted by atomic mass is 16.5. The van der Waals surface area contributed by atoms with Crippen LogP contribution in [0.15, 0.2) is 18.2 Å². The summed E-state index contributed by atoms with van der Waals surface area (Å²) in [4.78, 5) is 0. The van der Waals surface area contributed by atoms with E-state index in [-0.39, 0.29) is 11.2 Å². The van der Waals surface area contributed by atoms with Crippen molar-refractivity contribution >= 4 is 0 Å². The molecule has 1 aromatic carbocycles. The number of ether oxygens (including phenoxy) is 1. The predicted molar refractivity (Wildman–Crippen MR) is 59.1 cm³/mol. The van der Waals surface area contributed by atoms with Crippen molar-refractivity contribution in [2.75, 3.05) is 7.11 Å². The molecule has 0 aliphatic heterocycles. The lowest BCUT2D eigenvalue weighted by Gasteiger charge is -2.26. The number of aromatic hydroxyl groups is 1. The molecular formula is C12H18O3. The van der Waals surface area contributed by atoms with E-state index in [4.69, 9.17) is 4.74 Å². The molecule has 0 spiro atoms. The summed E-state index contributed by atoms with van der Waals surface area (Å²) in [6.45, 7) is 5.75. The minimum absolute atomic E-state index is 0.0665. The quantitative estimate of drug-likeness (QED) is 0.788. The van der Waals surface area contributed by atoms with Gasteiger partial charge in [0.05, 0.1) is 13.2 Å². The van der Waals surface area contributed by atoms with Gasteiger partial charge in [0.25, 0.3) is 0 Å². The molecule has 3 heteroatoms. The summed E-state index contributed by atoms with van der Waals surface area (Å²) in [5, 5.41) is 19.7. The van der Waals surface area contributed by atoms with E-state index in [9.17, 15) is 10.2 Å². The fourth-order valence-electron chi connectivity index (χ4n) is 1.35. The maximum absolute atomic E-state index is 10.0. The standard InChI is InChI=1S/C12H18O3/c1-12(2,3)11(14)9-6-5-8(15-4)7-10(9)13/h5-7,11,13-14H,1-4H3/t11-/m0/s1. The Morgan fingerprint density at radius 1 is 1.27 bits per heavy atom. The Bertz CT molecular complexity index is 339. The molecule has 0 saturated carbocycles. The number of methoxy groups -OCH3 is 1. The van der Waals surface area contributed by atoms with Crippen molar-refractivity contribution in [1.82, 2.24) is 0 Å². The van der Waals surface area contributed by atoms with Gasteiger partial charge in [-0.05, 0) is 17.5 Å². The van der Waals surface area contributed by atoms with E-state index >= 15 is 0 Å². The van der Waals surface area contributed by atoms with Gasteiger partial charge in [-0.2, -0.15) is 0 Å². The predicted octanol–water partition coefficient (Wildman–Crippen LogP) is 2.48. The lowest BCUT2D eigenvalue weighted by Crippen LogP contribution is -2.17. The summed E-state index contributed by atoms with van der Waals surface area (Å²) in [5.74, 6) is 0.647. The van der Waals surface area contributed by atoms with Crippen molar-refractivity contribution in [2.24, 2.45) is 5.41 Å². The first-order chi connectivity index (χ1) is 6.86. The number of rotatable bonds is 2. The molecule has 1 aromatic rings. The van der Waals surface area contributed by atoms with Crippen molar-refractivity contribution in [3.05, 3.63) is 23.8 Å². The zero-order valence-electron chi connectivity index (χ0n) is 9.61. The topological polar surface area (TPSA) is 49.7 Å². The summed E-state index contributed by atoms with van der Waals surface area (Å²) in [6, 6.07) is 4.92. The first-order valence-corrected chi connectivity index (χ1v) is 4.91. The molecule has 0 aliphatic carbocycles. The molecule has 0 heterocycles. The molecule has 0 amide bonds. The lowest BCUT2D eigenvalue weighted by molar-refractivity contribution is 0.0604. The van der Waals surface area contributed by atoms with Crippen LogP contribution in [0.3, 0.4) is 0 Å². The monoisotopic (exact) mass is 210 g/mol. The third-order valence-electron chi connectivity index (χ3n) is 2.35. The number of hydrogen-bond donors (Lipinski definition) is 2. The van der Waals surface area contributed by atoms with Gasteiger partial charge >= 0.3 is 0 Å². The van der Waals surface area contributed by atoms with E-state index in [2.05, 4.69) is 0 Å². The van der Waals surface area contributed by atoms with Crippen LogP contribution < -0.4 is 4.74 Å². The third kappa shape index (κ3) is 2.63. The van der Waals surface area contributed by atoms with Crippen LogP contribution in [0.4, 0.5) is 0 Å². The largest absolute Gasteiger partial charge is 0.507 e. The summed E-state index contributed by atoms with van der Waals surface area (Å²) >= 11 is 0. The Morgan fingerprint density at radius 2 is 1.87 bits per heavy atom. The van der Waals surface area contributed by atoms with Crippen LogP contribution in [-0.2, 0) is 0 Å². The van der Waals surface area contributed by atoms with Gasteiger partial charge in [0.1, 0.15) is 11.5 Å². The SMILES string of the molecule is COc1ccc([C@H](O)C(C)(C)C)c(O)c1. The van der Waals surface area contributed by atoms with Crippen molar-refractivity contribution in [1.29, 1.82) is 0 Å². The molecule has 1 rings (SSSR count). The van der Waals surface area contributed by atoms with E-state index in [1.807, 2.05) is 20.8 Å². The smallest absolute Gasteiger partial charge is 0.125 e. The molecule has 0 fully saturated rings. The summed E-state index contributed by atoms with van der Waals surface area (Å²) in [5.41, 5.74) is 0.231. The third-order valence-corrected chi connectivity index (χ3v) is 2.35. The Morgan fingerprint density at radius 3 is 2.27 bits per heavy atom. The van der Waals surface area contributed by atoms with Crippen LogP contribution in [0.5, 0.6) is 11.5 Å². The van der Waals surface area contributed by atoms with Crippen LogP contribution in [0.25, 0.3) is 0 Å². The van der Waals surface area contributed by atoms with E-state index in [1.54, 1.807) is 12.1 Å². The van der Waals surface area contributed by atoms with Crippen LogP contribution in [0, 0.1) is 5.41 Å². The van der Waals surface area contributed by atoms with Crippen LogP contribution in [0.2, 0.25) is 0 Å². The number of hydrogen-bond acceptors (Lipinski definition) is 3. The van der Waals surface area contributed by atoms with Crippen molar-refractivity contribution in [3.8, 4) is 11.5 Å². The van der Waals surface area contributed by atoms with Gasteiger partial charge in [-0.3, -0.25) is 0 Å². The minimum atomic E-state index is -0.691. The van der Waals surface area contributed by atoms with Gasteiger partial charge in [0.15, 0.2) is 0 Å². The van der Waals surface area contributed by atoms with Crippen molar-refractivity contribution in [3.63, 3.8) is 0 Å². The molecule has 0 aromatic heterocycles. The van der Waals surface area contributed by atoms with E-state index in [1.165, 1.54) is 13.2 Å². The second-order valence-electron chi connectivity index (χ2n) is 4.69. The van der Waals surface area contributed by atoms with Crippen molar-refractivity contribution < 1.29 is 14.9 Å².